The Morgan fingerprint density at radius 3 is 2.63 bits per heavy atom. The fraction of sp³-hybridized carbons (Fsp3) is 0.182. The fourth-order valence-corrected chi connectivity index (χ4v) is 4.07. The highest BCUT2D eigenvalue weighted by molar-refractivity contribution is 7.98. The van der Waals surface area contributed by atoms with E-state index in [1.807, 2.05) is 66.7 Å². The van der Waals surface area contributed by atoms with E-state index in [1.54, 1.807) is 22.9 Å². The highest BCUT2D eigenvalue weighted by atomic mass is 32.2. The highest BCUT2D eigenvalue weighted by Crippen LogP contribution is 2.27. The van der Waals surface area contributed by atoms with Crippen LogP contribution in [0.2, 0.25) is 0 Å². The van der Waals surface area contributed by atoms with Crippen LogP contribution in [0.5, 0.6) is 0 Å². The van der Waals surface area contributed by atoms with Gasteiger partial charge < -0.3 is 10.0 Å². The van der Waals surface area contributed by atoms with Crippen molar-refractivity contribution in [3.63, 3.8) is 0 Å². The Morgan fingerprint density at radius 1 is 1.07 bits per heavy atom. The lowest BCUT2D eigenvalue weighted by molar-refractivity contribution is 0.0550. The summed E-state index contributed by atoms with van der Waals surface area (Å²) in [7, 11) is 0. The van der Waals surface area contributed by atoms with Gasteiger partial charge in [0.05, 0.1) is 17.7 Å². The van der Waals surface area contributed by atoms with E-state index < -0.39 is 6.10 Å². The minimum atomic E-state index is -0.632. The summed E-state index contributed by atoms with van der Waals surface area (Å²) in [6, 6.07) is 21.3. The molecule has 1 aliphatic rings. The smallest absolute Gasteiger partial charge is 0.254 e. The molecule has 4 rings (SSSR count). The number of carbonyl (C=O) groups is 1. The van der Waals surface area contributed by atoms with Crippen molar-refractivity contribution in [1.82, 2.24) is 9.88 Å². The van der Waals surface area contributed by atoms with Crippen LogP contribution in [0.1, 0.15) is 33.2 Å². The van der Waals surface area contributed by atoms with Crippen molar-refractivity contribution in [2.24, 2.45) is 0 Å². The molecule has 0 unspecified atom stereocenters. The first-order valence-corrected chi connectivity index (χ1v) is 9.87. The largest absolute Gasteiger partial charge is 0.387 e. The van der Waals surface area contributed by atoms with Gasteiger partial charge in [0, 0.05) is 24.1 Å². The van der Waals surface area contributed by atoms with Crippen LogP contribution in [0.15, 0.2) is 78.0 Å². The maximum absolute atomic E-state index is 12.8. The molecule has 0 aliphatic carbocycles. The van der Waals surface area contributed by atoms with E-state index in [4.69, 9.17) is 0 Å². The number of aliphatic hydroxyl groups excluding tert-OH is 1. The van der Waals surface area contributed by atoms with E-state index in [2.05, 4.69) is 4.98 Å². The Hall–Kier alpha value is -2.63. The van der Waals surface area contributed by atoms with E-state index in [0.717, 1.165) is 27.5 Å². The third-order valence-electron chi connectivity index (χ3n) is 4.68. The Kier molecular flexibility index (Phi) is 5.23. The quantitative estimate of drug-likeness (QED) is 0.698. The third kappa shape index (κ3) is 4.04. The maximum Gasteiger partial charge on any atom is 0.254 e. The zero-order chi connectivity index (χ0) is 18.6. The highest BCUT2D eigenvalue weighted by Gasteiger charge is 2.27. The number of hydrogen-bond donors (Lipinski definition) is 1. The van der Waals surface area contributed by atoms with Crippen molar-refractivity contribution in [3.05, 3.63) is 95.2 Å². The van der Waals surface area contributed by atoms with Crippen molar-refractivity contribution >= 4 is 17.7 Å². The SMILES string of the molecule is O=C(c1ccc(CSc2ccccn2)cc1)N1Cc2ccccc2[C@@H](O)C1. The summed E-state index contributed by atoms with van der Waals surface area (Å²) in [5.74, 6) is 0.758. The molecule has 3 aromatic rings. The molecule has 0 radical (unpaired) electrons. The lowest BCUT2D eigenvalue weighted by atomic mass is 9.97. The van der Waals surface area contributed by atoms with Gasteiger partial charge in [-0.3, -0.25) is 4.79 Å². The molecule has 4 nitrogen and oxygen atoms in total. The van der Waals surface area contributed by atoms with Gasteiger partial charge in [0.2, 0.25) is 0 Å². The Bertz CT molecular complexity index is 929. The molecule has 1 N–H and O–H groups in total. The van der Waals surface area contributed by atoms with E-state index in [0.29, 0.717) is 18.7 Å². The van der Waals surface area contributed by atoms with Gasteiger partial charge in [-0.25, -0.2) is 4.98 Å². The van der Waals surface area contributed by atoms with Gasteiger partial charge in [0.1, 0.15) is 0 Å². The topological polar surface area (TPSA) is 53.4 Å². The Balaban J connectivity index is 1.42. The first-order chi connectivity index (χ1) is 13.2. The summed E-state index contributed by atoms with van der Waals surface area (Å²) >= 11 is 1.67. The van der Waals surface area contributed by atoms with E-state index in [1.165, 1.54) is 0 Å². The second-order valence-electron chi connectivity index (χ2n) is 6.55. The Morgan fingerprint density at radius 2 is 1.85 bits per heavy atom. The summed E-state index contributed by atoms with van der Waals surface area (Å²) < 4.78 is 0. The molecule has 2 heterocycles. The summed E-state index contributed by atoms with van der Waals surface area (Å²) in [5, 5.41) is 11.3. The first-order valence-electron chi connectivity index (χ1n) is 8.88. The fourth-order valence-electron chi connectivity index (χ4n) is 3.25. The zero-order valence-corrected chi connectivity index (χ0v) is 15.6. The number of aromatic nitrogens is 1. The van der Waals surface area contributed by atoms with Gasteiger partial charge >= 0.3 is 0 Å². The summed E-state index contributed by atoms with van der Waals surface area (Å²) in [6.07, 6.45) is 1.16. The minimum absolute atomic E-state index is 0.0486. The molecule has 136 valence electrons. The molecule has 1 aromatic heterocycles. The molecule has 1 aliphatic heterocycles. The van der Waals surface area contributed by atoms with Crippen molar-refractivity contribution in [3.8, 4) is 0 Å². The molecule has 1 atom stereocenters. The van der Waals surface area contributed by atoms with Crippen LogP contribution < -0.4 is 0 Å². The molecular weight excluding hydrogens is 356 g/mol. The van der Waals surface area contributed by atoms with Crippen LogP contribution in [-0.2, 0) is 12.3 Å². The number of nitrogens with zero attached hydrogens (tertiary/aromatic N) is 2. The Labute approximate surface area is 162 Å². The predicted octanol–water partition coefficient (Wildman–Crippen LogP) is 4.06. The molecule has 0 fully saturated rings. The van der Waals surface area contributed by atoms with E-state index >= 15 is 0 Å². The summed E-state index contributed by atoms with van der Waals surface area (Å²) in [6.45, 7) is 0.858. The molecule has 27 heavy (non-hydrogen) atoms. The second kappa shape index (κ2) is 7.94. The van der Waals surface area contributed by atoms with E-state index in [9.17, 15) is 9.90 Å². The molecule has 0 saturated heterocycles. The van der Waals surface area contributed by atoms with Crippen LogP contribution in [0.3, 0.4) is 0 Å². The average Bonchev–Trinajstić information content (AvgIpc) is 2.73. The van der Waals surface area contributed by atoms with Crippen LogP contribution in [-0.4, -0.2) is 27.4 Å². The number of carbonyl (C=O) groups excluding carboxylic acids is 1. The van der Waals surface area contributed by atoms with Crippen LogP contribution in [0.25, 0.3) is 0 Å². The van der Waals surface area contributed by atoms with Gasteiger partial charge in [-0.05, 0) is 41.0 Å². The van der Waals surface area contributed by atoms with E-state index in [-0.39, 0.29) is 5.91 Å². The number of benzene rings is 2. The van der Waals surface area contributed by atoms with Gasteiger partial charge in [0.25, 0.3) is 5.91 Å². The predicted molar refractivity (Wildman–Crippen MR) is 106 cm³/mol. The minimum Gasteiger partial charge on any atom is -0.387 e. The lowest BCUT2D eigenvalue weighted by Gasteiger charge is -2.32. The number of β-amino-alcohol motifs (C(OH)–C–C–N with tert-alkyl or cyclic N) is 1. The molecule has 2 aromatic carbocycles. The van der Waals surface area contributed by atoms with Crippen LogP contribution in [0.4, 0.5) is 0 Å². The number of pyridine rings is 1. The summed E-state index contributed by atoms with van der Waals surface area (Å²) in [5.41, 5.74) is 3.72. The molecule has 5 heteroatoms. The van der Waals surface area contributed by atoms with Gasteiger partial charge in [0.15, 0.2) is 0 Å². The lowest BCUT2D eigenvalue weighted by Crippen LogP contribution is -2.38. The van der Waals surface area contributed by atoms with Crippen molar-refractivity contribution in [2.75, 3.05) is 6.54 Å². The molecule has 0 spiro atoms. The number of hydrogen-bond acceptors (Lipinski definition) is 4. The van der Waals surface area contributed by atoms with Crippen LogP contribution >= 0.6 is 11.8 Å². The first kappa shape index (κ1) is 17.8. The normalized spacial score (nSPS) is 16.0. The number of rotatable bonds is 4. The van der Waals surface area contributed by atoms with Crippen LogP contribution in [0, 0.1) is 0 Å². The average molecular weight is 376 g/mol. The van der Waals surface area contributed by atoms with Crippen molar-refractivity contribution in [1.29, 1.82) is 0 Å². The summed E-state index contributed by atoms with van der Waals surface area (Å²) in [4.78, 5) is 18.9. The second-order valence-corrected chi connectivity index (χ2v) is 7.55. The van der Waals surface area contributed by atoms with Gasteiger partial charge in [-0.15, -0.1) is 11.8 Å². The standard InChI is InChI=1S/C22H20N2O2S/c25-20-14-24(13-18-5-1-2-6-19(18)20)22(26)17-10-8-16(9-11-17)15-27-21-7-3-4-12-23-21/h1-12,20,25H,13-15H2/t20-/m0/s1. The number of fused-ring (bicyclic) bond motifs is 1. The maximum atomic E-state index is 12.8. The van der Waals surface area contributed by atoms with Gasteiger partial charge in [-0.2, -0.15) is 0 Å². The number of amides is 1. The molecule has 0 bridgehead atoms. The monoisotopic (exact) mass is 376 g/mol. The molecular formula is C22H20N2O2S. The van der Waals surface area contributed by atoms with Gasteiger partial charge in [-0.1, -0.05) is 42.5 Å². The van der Waals surface area contributed by atoms with Crippen molar-refractivity contribution < 1.29 is 9.90 Å². The third-order valence-corrected chi connectivity index (χ3v) is 5.70. The zero-order valence-electron chi connectivity index (χ0n) is 14.8. The molecule has 0 saturated carbocycles. The number of thioether (sulfide) groups is 1. The van der Waals surface area contributed by atoms with Crippen molar-refractivity contribution in [2.45, 2.75) is 23.4 Å². The number of aliphatic hydroxyl groups is 1. The molecule has 1 amide bonds.